The molecular weight excluding hydrogens is 162 g/mol. The van der Waals surface area contributed by atoms with Crippen LogP contribution in [0.5, 0.6) is 0 Å². The van der Waals surface area contributed by atoms with Gasteiger partial charge in [0.1, 0.15) is 0 Å². The molecule has 2 atom stereocenters. The molecule has 0 aliphatic heterocycles. The van der Waals surface area contributed by atoms with Crippen LogP contribution in [0.2, 0.25) is 0 Å². The molecule has 0 spiro atoms. The fraction of sp³-hybridized carbons (Fsp3) is 0.500. The van der Waals surface area contributed by atoms with Crippen LogP contribution in [0.3, 0.4) is 0 Å². The molecule has 1 rings (SSSR count). The Bertz CT molecular complexity index is 233. The molecule has 0 fully saturated rings. The zero-order valence-corrected chi connectivity index (χ0v) is 7.98. The maximum atomic E-state index is 5.93. The minimum atomic E-state index is 0.0206. The van der Waals surface area contributed by atoms with Crippen molar-refractivity contribution in [3.05, 3.63) is 30.1 Å². The van der Waals surface area contributed by atoms with E-state index >= 15 is 0 Å². The zero-order valence-electron chi connectivity index (χ0n) is 7.98. The van der Waals surface area contributed by atoms with Crippen LogP contribution in [-0.4, -0.2) is 11.0 Å². The van der Waals surface area contributed by atoms with Crippen molar-refractivity contribution in [1.82, 2.24) is 4.98 Å². The Hall–Kier alpha value is -0.930. The number of nitrogens with two attached hydrogens (primary N) is 2. The SMILES string of the molecule is CC(N)CCC(N)c1ccccn1. The average Bonchev–Trinajstić information content (AvgIpc) is 2.15. The van der Waals surface area contributed by atoms with Gasteiger partial charge in [0.05, 0.1) is 5.69 Å². The third-order valence-corrected chi connectivity index (χ3v) is 2.00. The molecule has 0 amide bonds. The van der Waals surface area contributed by atoms with E-state index in [4.69, 9.17) is 11.5 Å². The normalized spacial score (nSPS) is 15.3. The predicted molar refractivity (Wildman–Crippen MR) is 54.0 cm³/mol. The molecule has 72 valence electrons. The highest BCUT2D eigenvalue weighted by Gasteiger charge is 2.07. The Labute approximate surface area is 79.2 Å². The van der Waals surface area contributed by atoms with E-state index in [1.54, 1.807) is 6.20 Å². The van der Waals surface area contributed by atoms with Gasteiger partial charge in [-0.3, -0.25) is 4.98 Å². The molecule has 0 bridgehead atoms. The minimum Gasteiger partial charge on any atom is -0.328 e. The summed E-state index contributed by atoms with van der Waals surface area (Å²) in [5, 5.41) is 0. The monoisotopic (exact) mass is 179 g/mol. The highest BCUT2D eigenvalue weighted by Crippen LogP contribution is 2.12. The van der Waals surface area contributed by atoms with Crippen LogP contribution in [0.15, 0.2) is 24.4 Å². The fourth-order valence-electron chi connectivity index (χ4n) is 1.19. The van der Waals surface area contributed by atoms with Crippen LogP contribution in [0.4, 0.5) is 0 Å². The molecule has 0 aliphatic carbocycles. The van der Waals surface area contributed by atoms with E-state index in [-0.39, 0.29) is 12.1 Å². The molecular formula is C10H17N3. The zero-order chi connectivity index (χ0) is 9.68. The predicted octanol–water partition coefficient (Wildman–Crippen LogP) is 1.21. The Kier molecular flexibility index (Phi) is 3.86. The minimum absolute atomic E-state index is 0.0206. The number of nitrogens with zero attached hydrogens (tertiary/aromatic N) is 1. The lowest BCUT2D eigenvalue weighted by Gasteiger charge is -2.11. The van der Waals surface area contributed by atoms with Crippen LogP contribution < -0.4 is 11.5 Å². The van der Waals surface area contributed by atoms with Gasteiger partial charge in [-0.05, 0) is 31.9 Å². The molecule has 0 saturated heterocycles. The number of pyridine rings is 1. The van der Waals surface area contributed by atoms with Gasteiger partial charge in [-0.2, -0.15) is 0 Å². The summed E-state index contributed by atoms with van der Waals surface area (Å²) in [4.78, 5) is 4.19. The third-order valence-electron chi connectivity index (χ3n) is 2.00. The summed E-state index contributed by atoms with van der Waals surface area (Å²) in [6.07, 6.45) is 3.60. The van der Waals surface area contributed by atoms with Crippen LogP contribution in [0.1, 0.15) is 31.5 Å². The molecule has 4 N–H and O–H groups in total. The highest BCUT2D eigenvalue weighted by molar-refractivity contribution is 5.07. The molecule has 0 saturated carbocycles. The summed E-state index contributed by atoms with van der Waals surface area (Å²) in [7, 11) is 0. The maximum absolute atomic E-state index is 5.93. The number of hydrogen-bond acceptors (Lipinski definition) is 3. The lowest BCUT2D eigenvalue weighted by atomic mass is 10.1. The van der Waals surface area contributed by atoms with E-state index < -0.39 is 0 Å². The standard InChI is InChI=1S/C10H17N3/c1-8(11)5-6-9(12)10-4-2-3-7-13-10/h2-4,7-9H,5-6,11-12H2,1H3. The van der Waals surface area contributed by atoms with E-state index in [1.807, 2.05) is 25.1 Å². The van der Waals surface area contributed by atoms with Crippen molar-refractivity contribution in [1.29, 1.82) is 0 Å². The fourth-order valence-corrected chi connectivity index (χ4v) is 1.19. The first-order chi connectivity index (χ1) is 6.20. The third kappa shape index (κ3) is 3.53. The van der Waals surface area contributed by atoms with Gasteiger partial charge >= 0.3 is 0 Å². The van der Waals surface area contributed by atoms with Crippen LogP contribution in [-0.2, 0) is 0 Å². The molecule has 1 aromatic rings. The van der Waals surface area contributed by atoms with Crippen LogP contribution in [0.25, 0.3) is 0 Å². The second-order valence-corrected chi connectivity index (χ2v) is 3.42. The molecule has 13 heavy (non-hydrogen) atoms. The number of hydrogen-bond donors (Lipinski definition) is 2. The molecule has 1 aromatic heterocycles. The first-order valence-electron chi connectivity index (χ1n) is 4.62. The average molecular weight is 179 g/mol. The van der Waals surface area contributed by atoms with Crippen LogP contribution >= 0.6 is 0 Å². The lowest BCUT2D eigenvalue weighted by Crippen LogP contribution is -2.19. The van der Waals surface area contributed by atoms with Gasteiger partial charge in [-0.15, -0.1) is 0 Å². The molecule has 0 aromatic carbocycles. The Morgan fingerprint density at radius 3 is 2.62 bits per heavy atom. The van der Waals surface area contributed by atoms with Gasteiger partial charge in [-0.25, -0.2) is 0 Å². The van der Waals surface area contributed by atoms with E-state index in [0.717, 1.165) is 18.5 Å². The maximum Gasteiger partial charge on any atom is 0.0570 e. The van der Waals surface area contributed by atoms with E-state index in [9.17, 15) is 0 Å². The van der Waals surface area contributed by atoms with Crippen LogP contribution in [0, 0.1) is 0 Å². The van der Waals surface area contributed by atoms with Gasteiger partial charge in [0.25, 0.3) is 0 Å². The molecule has 3 heteroatoms. The smallest absolute Gasteiger partial charge is 0.0570 e. The Morgan fingerprint density at radius 2 is 2.08 bits per heavy atom. The van der Waals surface area contributed by atoms with Gasteiger partial charge in [0.15, 0.2) is 0 Å². The van der Waals surface area contributed by atoms with Gasteiger partial charge in [-0.1, -0.05) is 6.07 Å². The molecule has 0 aliphatic rings. The second-order valence-electron chi connectivity index (χ2n) is 3.42. The van der Waals surface area contributed by atoms with Crippen molar-refractivity contribution in [2.75, 3.05) is 0 Å². The summed E-state index contributed by atoms with van der Waals surface area (Å²) in [5.41, 5.74) is 12.5. The van der Waals surface area contributed by atoms with Crippen molar-refractivity contribution in [2.24, 2.45) is 11.5 Å². The molecule has 1 heterocycles. The van der Waals surface area contributed by atoms with E-state index in [0.29, 0.717) is 0 Å². The van der Waals surface area contributed by atoms with Crippen molar-refractivity contribution in [3.63, 3.8) is 0 Å². The summed E-state index contributed by atoms with van der Waals surface area (Å²) < 4.78 is 0. The van der Waals surface area contributed by atoms with Gasteiger partial charge < -0.3 is 11.5 Å². The molecule has 3 nitrogen and oxygen atoms in total. The lowest BCUT2D eigenvalue weighted by molar-refractivity contribution is 0.547. The van der Waals surface area contributed by atoms with Crippen molar-refractivity contribution in [2.45, 2.75) is 31.8 Å². The summed E-state index contributed by atoms with van der Waals surface area (Å²) in [6.45, 7) is 1.99. The van der Waals surface area contributed by atoms with Gasteiger partial charge in [0.2, 0.25) is 0 Å². The summed E-state index contributed by atoms with van der Waals surface area (Å²) in [5.74, 6) is 0. The Morgan fingerprint density at radius 1 is 1.31 bits per heavy atom. The first-order valence-corrected chi connectivity index (χ1v) is 4.62. The Balaban J connectivity index is 2.44. The molecule has 2 unspecified atom stereocenters. The largest absolute Gasteiger partial charge is 0.328 e. The topological polar surface area (TPSA) is 64.9 Å². The summed E-state index contributed by atoms with van der Waals surface area (Å²) in [6, 6.07) is 6.03. The number of rotatable bonds is 4. The van der Waals surface area contributed by atoms with E-state index in [1.165, 1.54) is 0 Å². The van der Waals surface area contributed by atoms with E-state index in [2.05, 4.69) is 4.98 Å². The van der Waals surface area contributed by atoms with Gasteiger partial charge in [0, 0.05) is 18.3 Å². The molecule has 0 radical (unpaired) electrons. The second kappa shape index (κ2) is 4.94. The van der Waals surface area contributed by atoms with Crippen molar-refractivity contribution >= 4 is 0 Å². The summed E-state index contributed by atoms with van der Waals surface area (Å²) >= 11 is 0. The highest BCUT2D eigenvalue weighted by atomic mass is 14.8. The van der Waals surface area contributed by atoms with Crippen molar-refractivity contribution in [3.8, 4) is 0 Å². The first kappa shape index (κ1) is 10.2. The quantitative estimate of drug-likeness (QED) is 0.730. The number of aromatic nitrogens is 1. The van der Waals surface area contributed by atoms with Crippen molar-refractivity contribution < 1.29 is 0 Å².